The van der Waals surface area contributed by atoms with Gasteiger partial charge in [0.15, 0.2) is 0 Å². The normalized spacial score (nSPS) is 8.80. The highest BCUT2D eigenvalue weighted by atomic mass is 79.9. The van der Waals surface area contributed by atoms with Crippen LogP contribution in [0.15, 0.2) is 43.8 Å². The topological polar surface area (TPSA) is 37.3 Å². The Morgan fingerprint density at radius 2 is 1.33 bits per heavy atom. The second kappa shape index (κ2) is 7.19. The van der Waals surface area contributed by atoms with Crippen molar-refractivity contribution in [3.05, 3.63) is 43.8 Å². The third kappa shape index (κ3) is 7.76. The van der Waals surface area contributed by atoms with E-state index in [2.05, 4.69) is 54.4 Å². The molecule has 0 aliphatic rings. The van der Waals surface area contributed by atoms with Crippen molar-refractivity contribution >= 4 is 53.8 Å². The Labute approximate surface area is 114 Å². The van der Waals surface area contributed by atoms with Crippen LogP contribution in [0, 0.1) is 0 Å². The maximum Gasteiger partial charge on any atom is 0.330 e. The summed E-state index contributed by atoms with van der Waals surface area (Å²) in [6.07, 6.45) is 0. The van der Waals surface area contributed by atoms with Gasteiger partial charge in [0.25, 0.3) is 0 Å². The Balaban J connectivity index is 0.000000288. The van der Waals surface area contributed by atoms with Gasteiger partial charge in [0.1, 0.15) is 0 Å². The highest BCUT2D eigenvalue weighted by Gasteiger charge is 1.91. The molecule has 15 heavy (non-hydrogen) atoms. The minimum absolute atomic E-state index is 0.176. The number of carboxylic acids is 1. The van der Waals surface area contributed by atoms with Gasteiger partial charge in [0.2, 0.25) is 0 Å². The third-order valence-electron chi connectivity index (χ3n) is 1.19. The summed E-state index contributed by atoms with van der Waals surface area (Å²) < 4.78 is 3.22. The SMILES string of the molecule is Brc1cc(Br)cc(Br)c1.C=C(C)C(=O)O. The predicted octanol–water partition coefficient (Wildman–Crippen LogP) is 4.62. The summed E-state index contributed by atoms with van der Waals surface area (Å²) in [5.41, 5.74) is 0.176. The molecule has 0 heterocycles. The van der Waals surface area contributed by atoms with Crippen LogP contribution in [0.1, 0.15) is 6.92 Å². The Morgan fingerprint density at radius 1 is 1.13 bits per heavy atom. The number of carboxylic acid groups (broad SMARTS) is 1. The van der Waals surface area contributed by atoms with Crippen molar-refractivity contribution in [1.82, 2.24) is 0 Å². The molecule has 0 saturated carbocycles. The Hall–Kier alpha value is -0.130. The second-order valence-corrected chi connectivity index (χ2v) is 5.42. The van der Waals surface area contributed by atoms with Crippen molar-refractivity contribution in [2.24, 2.45) is 0 Å². The van der Waals surface area contributed by atoms with Gasteiger partial charge in [-0.1, -0.05) is 54.4 Å². The smallest absolute Gasteiger partial charge is 0.330 e. The number of aliphatic carboxylic acids is 1. The van der Waals surface area contributed by atoms with Gasteiger partial charge in [-0.3, -0.25) is 0 Å². The van der Waals surface area contributed by atoms with Gasteiger partial charge in [-0.2, -0.15) is 0 Å². The van der Waals surface area contributed by atoms with E-state index in [0.717, 1.165) is 13.4 Å². The van der Waals surface area contributed by atoms with Crippen molar-refractivity contribution in [1.29, 1.82) is 0 Å². The molecule has 5 heteroatoms. The van der Waals surface area contributed by atoms with Crippen molar-refractivity contribution in [3.63, 3.8) is 0 Å². The molecule has 2 nitrogen and oxygen atoms in total. The molecule has 1 N–H and O–H groups in total. The maximum atomic E-state index is 9.60. The largest absolute Gasteiger partial charge is 0.478 e. The molecule has 0 aliphatic heterocycles. The molecule has 1 aromatic rings. The van der Waals surface area contributed by atoms with E-state index >= 15 is 0 Å². The van der Waals surface area contributed by atoms with Gasteiger partial charge in [-0.05, 0) is 25.1 Å². The number of hydrogen-bond donors (Lipinski definition) is 1. The van der Waals surface area contributed by atoms with Crippen LogP contribution < -0.4 is 0 Å². The van der Waals surface area contributed by atoms with E-state index in [1.807, 2.05) is 18.2 Å². The predicted molar refractivity (Wildman–Crippen MR) is 72.0 cm³/mol. The number of carbonyl (C=O) groups is 1. The lowest BCUT2D eigenvalue weighted by molar-refractivity contribution is -0.132. The average Bonchev–Trinajstić information content (AvgIpc) is 2.01. The van der Waals surface area contributed by atoms with Crippen molar-refractivity contribution in [2.45, 2.75) is 6.92 Å². The van der Waals surface area contributed by atoms with Crippen LogP contribution in [0.25, 0.3) is 0 Å². The number of rotatable bonds is 1. The lowest BCUT2D eigenvalue weighted by Crippen LogP contribution is -1.92. The Morgan fingerprint density at radius 3 is 1.47 bits per heavy atom. The van der Waals surface area contributed by atoms with Crippen LogP contribution in [-0.4, -0.2) is 11.1 Å². The summed E-state index contributed by atoms with van der Waals surface area (Å²) in [6.45, 7) is 4.60. The molecule has 1 rings (SSSR count). The summed E-state index contributed by atoms with van der Waals surface area (Å²) in [5, 5.41) is 7.89. The average molecular weight is 401 g/mol. The van der Waals surface area contributed by atoms with E-state index in [1.54, 1.807) is 0 Å². The van der Waals surface area contributed by atoms with Crippen LogP contribution in [0.3, 0.4) is 0 Å². The molecule has 0 aliphatic carbocycles. The van der Waals surface area contributed by atoms with Gasteiger partial charge in [-0.15, -0.1) is 0 Å². The van der Waals surface area contributed by atoms with E-state index in [9.17, 15) is 4.79 Å². The van der Waals surface area contributed by atoms with Crippen LogP contribution in [-0.2, 0) is 4.79 Å². The molecular weight excluding hydrogens is 392 g/mol. The van der Waals surface area contributed by atoms with Gasteiger partial charge < -0.3 is 5.11 Å². The first-order valence-electron chi connectivity index (χ1n) is 3.83. The van der Waals surface area contributed by atoms with Crippen LogP contribution in [0.4, 0.5) is 0 Å². The monoisotopic (exact) mass is 398 g/mol. The summed E-state index contributed by atoms with van der Waals surface area (Å²) in [4.78, 5) is 9.60. The summed E-state index contributed by atoms with van der Waals surface area (Å²) in [7, 11) is 0. The molecule has 0 aromatic heterocycles. The van der Waals surface area contributed by atoms with Crippen LogP contribution in [0.5, 0.6) is 0 Å². The van der Waals surface area contributed by atoms with Crippen molar-refractivity contribution < 1.29 is 9.90 Å². The van der Waals surface area contributed by atoms with Gasteiger partial charge in [-0.25, -0.2) is 4.79 Å². The van der Waals surface area contributed by atoms with E-state index in [1.165, 1.54) is 6.92 Å². The summed E-state index contributed by atoms with van der Waals surface area (Å²) in [5.74, 6) is -0.935. The molecule has 0 unspecified atom stereocenters. The second-order valence-electron chi connectivity index (χ2n) is 2.67. The van der Waals surface area contributed by atoms with E-state index < -0.39 is 5.97 Å². The minimum Gasteiger partial charge on any atom is -0.478 e. The molecule has 1 aromatic carbocycles. The zero-order chi connectivity index (χ0) is 12.0. The van der Waals surface area contributed by atoms with Crippen molar-refractivity contribution in [3.8, 4) is 0 Å². The fourth-order valence-electron chi connectivity index (χ4n) is 0.520. The van der Waals surface area contributed by atoms with Crippen molar-refractivity contribution in [2.75, 3.05) is 0 Å². The molecule has 0 radical (unpaired) electrons. The molecule has 0 amide bonds. The highest BCUT2D eigenvalue weighted by Crippen LogP contribution is 2.23. The number of halogens is 3. The molecule has 82 valence electrons. The summed E-state index contributed by atoms with van der Waals surface area (Å²) in [6, 6.07) is 5.97. The lowest BCUT2D eigenvalue weighted by Gasteiger charge is -1.92. The highest BCUT2D eigenvalue weighted by molar-refractivity contribution is 9.11. The Kier molecular flexibility index (Phi) is 7.13. The first-order chi connectivity index (χ1) is 6.82. The van der Waals surface area contributed by atoms with Gasteiger partial charge >= 0.3 is 5.97 Å². The molecule has 0 bridgehead atoms. The zero-order valence-corrected chi connectivity index (χ0v) is 12.7. The van der Waals surface area contributed by atoms with E-state index in [-0.39, 0.29) is 5.57 Å². The van der Waals surface area contributed by atoms with Crippen LogP contribution >= 0.6 is 47.8 Å². The number of hydrogen-bond acceptors (Lipinski definition) is 1. The Bertz CT molecular complexity index is 312. The zero-order valence-electron chi connectivity index (χ0n) is 7.93. The quantitative estimate of drug-likeness (QED) is 0.698. The fraction of sp³-hybridized carbons (Fsp3) is 0.100. The molecular formula is C10H9Br3O2. The van der Waals surface area contributed by atoms with Gasteiger partial charge in [0, 0.05) is 19.0 Å². The fourth-order valence-corrected chi connectivity index (χ4v) is 2.92. The van der Waals surface area contributed by atoms with Gasteiger partial charge in [0.05, 0.1) is 0 Å². The minimum atomic E-state index is -0.935. The van der Waals surface area contributed by atoms with Crippen LogP contribution in [0.2, 0.25) is 0 Å². The maximum absolute atomic E-state index is 9.60. The lowest BCUT2D eigenvalue weighted by atomic mass is 10.4. The molecule has 0 saturated heterocycles. The standard InChI is InChI=1S/C6H3Br3.C4H6O2/c7-4-1-5(8)3-6(9)2-4;1-3(2)4(5)6/h1-3H;1H2,2H3,(H,5,6). The van der Waals surface area contributed by atoms with E-state index in [0.29, 0.717) is 0 Å². The molecule has 0 fully saturated rings. The first kappa shape index (κ1) is 14.9. The van der Waals surface area contributed by atoms with E-state index in [4.69, 9.17) is 5.11 Å². The third-order valence-corrected chi connectivity index (χ3v) is 2.57. The first-order valence-corrected chi connectivity index (χ1v) is 6.21. The number of benzene rings is 1. The molecule has 0 spiro atoms. The molecule has 0 atom stereocenters. The summed E-state index contributed by atoms with van der Waals surface area (Å²) >= 11 is 10.1.